The van der Waals surface area contributed by atoms with E-state index >= 15 is 0 Å². The lowest BCUT2D eigenvalue weighted by molar-refractivity contribution is -0.0153. The second-order valence-electron chi connectivity index (χ2n) is 9.39. The van der Waals surface area contributed by atoms with Crippen molar-refractivity contribution in [3.63, 3.8) is 0 Å². The Morgan fingerprint density at radius 3 is 2.69 bits per heavy atom. The van der Waals surface area contributed by atoms with Crippen molar-refractivity contribution in [1.82, 2.24) is 20.2 Å². The highest BCUT2D eigenvalue weighted by Crippen LogP contribution is 2.37. The van der Waals surface area contributed by atoms with Crippen LogP contribution in [-0.2, 0) is 0 Å². The Bertz CT molecular complexity index is 1210. The van der Waals surface area contributed by atoms with E-state index in [1.165, 1.54) is 29.8 Å². The number of aromatic nitrogens is 2. The molecule has 1 amide bonds. The molecule has 11 heteroatoms. The third-order valence-corrected chi connectivity index (χ3v) is 7.30. The highest BCUT2D eigenvalue weighted by Gasteiger charge is 2.28. The molecule has 4 rings (SSSR count). The number of aliphatic hydroxyl groups excluding tert-OH is 2. The van der Waals surface area contributed by atoms with Gasteiger partial charge in [-0.05, 0) is 58.1 Å². The van der Waals surface area contributed by atoms with Gasteiger partial charge in [0.05, 0.1) is 28.2 Å². The minimum atomic E-state index is -0.675. The third-order valence-electron chi connectivity index (χ3n) is 6.11. The van der Waals surface area contributed by atoms with E-state index in [0.717, 1.165) is 18.5 Å². The molecule has 3 aromatic rings. The number of hydrogen-bond acceptors (Lipinski definition) is 9. The van der Waals surface area contributed by atoms with Crippen molar-refractivity contribution < 1.29 is 24.1 Å². The van der Waals surface area contributed by atoms with E-state index in [1.807, 2.05) is 21.0 Å². The number of thiophene rings is 1. The SMILES string of the molecule is Cc1c(C(=O)NCCCN(C)C)sc2ncnc(Nc3ccc(F)cc3O[C@@H]3C[C@H](O)C[C@H](O)C3)c12. The van der Waals surface area contributed by atoms with Crippen LogP contribution in [0.5, 0.6) is 5.75 Å². The fourth-order valence-corrected chi connectivity index (χ4v) is 5.44. The first-order chi connectivity index (χ1) is 17.2. The monoisotopic (exact) mass is 517 g/mol. The fraction of sp³-hybridized carbons (Fsp3) is 0.480. The molecule has 1 aromatic carbocycles. The standard InChI is InChI=1S/C25H32FN5O4S/c1-14-21-23(28-13-29-25(21)36-22(14)24(34)27-7-4-8-31(2)3)30-19-6-5-15(26)9-20(19)35-18-11-16(32)10-17(33)12-18/h5-6,9,13,16-18,32-33H,4,7-8,10-12H2,1-3H3,(H,27,34)(H,28,29,30)/t16-,17+,18-. The molecule has 9 nitrogen and oxygen atoms in total. The lowest BCUT2D eigenvalue weighted by atomic mass is 9.92. The topological polar surface area (TPSA) is 120 Å². The van der Waals surface area contributed by atoms with E-state index in [2.05, 4.69) is 25.5 Å². The smallest absolute Gasteiger partial charge is 0.261 e. The normalized spacial score (nSPS) is 20.0. The van der Waals surface area contributed by atoms with Crippen molar-refractivity contribution in [2.24, 2.45) is 0 Å². The van der Waals surface area contributed by atoms with E-state index in [9.17, 15) is 19.4 Å². The van der Waals surface area contributed by atoms with Crippen LogP contribution in [0.3, 0.4) is 0 Å². The number of hydrogen-bond donors (Lipinski definition) is 4. The van der Waals surface area contributed by atoms with Crippen LogP contribution in [-0.4, -0.2) is 76.5 Å². The number of carbonyl (C=O) groups excluding carboxylic acids is 1. The quantitative estimate of drug-likeness (QED) is 0.320. The zero-order valence-electron chi connectivity index (χ0n) is 20.6. The number of nitrogens with zero attached hydrogens (tertiary/aromatic N) is 3. The first-order valence-corrected chi connectivity index (χ1v) is 12.8. The molecule has 0 aliphatic heterocycles. The Hall–Kier alpha value is -2.86. The number of fused-ring (bicyclic) bond motifs is 1. The summed E-state index contributed by atoms with van der Waals surface area (Å²) in [4.78, 5) is 24.9. The second-order valence-corrected chi connectivity index (χ2v) is 10.4. The van der Waals surface area contributed by atoms with E-state index in [1.54, 1.807) is 6.07 Å². The third kappa shape index (κ3) is 6.28. The molecule has 1 aliphatic rings. The molecule has 1 aliphatic carbocycles. The van der Waals surface area contributed by atoms with Crippen LogP contribution in [0.1, 0.15) is 40.9 Å². The van der Waals surface area contributed by atoms with Crippen LogP contribution < -0.4 is 15.4 Å². The van der Waals surface area contributed by atoms with Gasteiger partial charge in [0.1, 0.15) is 34.6 Å². The summed E-state index contributed by atoms with van der Waals surface area (Å²) in [6.45, 7) is 3.31. The lowest BCUT2D eigenvalue weighted by Gasteiger charge is -2.30. The largest absolute Gasteiger partial charge is 0.488 e. The van der Waals surface area contributed by atoms with Crippen molar-refractivity contribution in [1.29, 1.82) is 0 Å². The van der Waals surface area contributed by atoms with E-state index in [0.29, 0.717) is 52.4 Å². The average Bonchev–Trinajstić information content (AvgIpc) is 3.15. The van der Waals surface area contributed by atoms with Crippen molar-refractivity contribution in [2.75, 3.05) is 32.5 Å². The maximum Gasteiger partial charge on any atom is 0.261 e. The minimum Gasteiger partial charge on any atom is -0.488 e. The van der Waals surface area contributed by atoms with Gasteiger partial charge in [-0.25, -0.2) is 14.4 Å². The molecule has 0 spiro atoms. The Morgan fingerprint density at radius 2 is 1.97 bits per heavy atom. The molecule has 2 heterocycles. The first kappa shape index (κ1) is 26.2. The van der Waals surface area contributed by atoms with E-state index in [4.69, 9.17) is 4.74 Å². The van der Waals surface area contributed by atoms with Gasteiger partial charge < -0.3 is 30.5 Å². The van der Waals surface area contributed by atoms with Gasteiger partial charge >= 0.3 is 0 Å². The van der Waals surface area contributed by atoms with Crippen molar-refractivity contribution in [3.05, 3.63) is 40.8 Å². The molecule has 36 heavy (non-hydrogen) atoms. The number of ether oxygens (including phenoxy) is 1. The number of amides is 1. The van der Waals surface area contributed by atoms with Crippen LogP contribution >= 0.6 is 11.3 Å². The predicted octanol–water partition coefficient (Wildman–Crippen LogP) is 3.22. The predicted molar refractivity (Wildman–Crippen MR) is 138 cm³/mol. The number of anilines is 2. The summed E-state index contributed by atoms with van der Waals surface area (Å²) in [7, 11) is 3.98. The highest BCUT2D eigenvalue weighted by atomic mass is 32.1. The molecular weight excluding hydrogens is 485 g/mol. The van der Waals surface area contributed by atoms with Crippen LogP contribution in [0.2, 0.25) is 0 Å². The zero-order valence-corrected chi connectivity index (χ0v) is 21.4. The number of benzene rings is 1. The molecule has 0 bridgehead atoms. The van der Waals surface area contributed by atoms with Gasteiger partial charge in [-0.1, -0.05) is 0 Å². The van der Waals surface area contributed by atoms with Crippen LogP contribution in [0.15, 0.2) is 24.5 Å². The van der Waals surface area contributed by atoms with Gasteiger partial charge in [-0.15, -0.1) is 11.3 Å². The fourth-order valence-electron chi connectivity index (χ4n) is 4.37. The first-order valence-electron chi connectivity index (χ1n) is 12.0. The molecule has 1 saturated carbocycles. The van der Waals surface area contributed by atoms with Gasteiger partial charge in [-0.3, -0.25) is 4.79 Å². The average molecular weight is 518 g/mol. The van der Waals surface area contributed by atoms with Crippen molar-refractivity contribution >= 4 is 39.0 Å². The maximum atomic E-state index is 14.1. The minimum absolute atomic E-state index is 0.152. The van der Waals surface area contributed by atoms with Crippen LogP contribution in [0.4, 0.5) is 15.9 Å². The summed E-state index contributed by atoms with van der Waals surface area (Å²) in [5, 5.41) is 26.9. The van der Waals surface area contributed by atoms with E-state index < -0.39 is 24.1 Å². The lowest BCUT2D eigenvalue weighted by Crippen LogP contribution is -2.36. The van der Waals surface area contributed by atoms with Crippen molar-refractivity contribution in [3.8, 4) is 5.75 Å². The van der Waals surface area contributed by atoms with Gasteiger partial charge in [0.2, 0.25) is 0 Å². The molecule has 2 aromatic heterocycles. The number of aliphatic hydroxyl groups is 2. The molecule has 4 N–H and O–H groups in total. The maximum absolute atomic E-state index is 14.1. The molecule has 0 radical (unpaired) electrons. The number of carbonyl (C=O) groups is 1. The van der Waals surface area contributed by atoms with Gasteiger partial charge in [-0.2, -0.15) is 0 Å². The van der Waals surface area contributed by atoms with Crippen molar-refractivity contribution in [2.45, 2.75) is 50.9 Å². The number of halogens is 1. The van der Waals surface area contributed by atoms with Gasteiger partial charge in [0.25, 0.3) is 5.91 Å². The Balaban J connectivity index is 1.57. The van der Waals surface area contributed by atoms with Gasteiger partial charge in [0, 0.05) is 25.5 Å². The summed E-state index contributed by atoms with van der Waals surface area (Å²) in [5.74, 6) is 0.0982. The summed E-state index contributed by atoms with van der Waals surface area (Å²) in [5.41, 5.74) is 1.23. The van der Waals surface area contributed by atoms with E-state index in [-0.39, 0.29) is 11.7 Å². The Morgan fingerprint density at radius 1 is 1.22 bits per heavy atom. The second kappa shape index (κ2) is 11.5. The summed E-state index contributed by atoms with van der Waals surface area (Å²) in [6, 6.07) is 4.13. The molecular formula is C25H32FN5O4S. The Labute approximate surface area is 213 Å². The number of aryl methyl sites for hydroxylation is 1. The van der Waals surface area contributed by atoms with Crippen LogP contribution in [0, 0.1) is 12.7 Å². The number of rotatable bonds is 9. The zero-order chi connectivity index (χ0) is 25.8. The molecule has 0 saturated heterocycles. The molecule has 0 unspecified atom stereocenters. The summed E-state index contributed by atoms with van der Waals surface area (Å²) < 4.78 is 20.1. The van der Waals surface area contributed by atoms with Gasteiger partial charge in [0.15, 0.2) is 0 Å². The summed E-state index contributed by atoms with van der Waals surface area (Å²) in [6.07, 6.45) is 1.45. The molecule has 1 fully saturated rings. The number of nitrogens with one attached hydrogen (secondary N) is 2. The van der Waals surface area contributed by atoms with Crippen LogP contribution in [0.25, 0.3) is 10.2 Å². The summed E-state index contributed by atoms with van der Waals surface area (Å²) >= 11 is 1.30. The Kier molecular flexibility index (Phi) is 8.35. The molecule has 3 atom stereocenters. The molecule has 194 valence electrons. The highest BCUT2D eigenvalue weighted by molar-refractivity contribution is 7.20.